The number of carbonyl (C=O) groups is 2. The number of halogens is 2. The highest BCUT2D eigenvalue weighted by atomic mass is 35.5. The minimum atomic E-state index is -0.0694. The van der Waals surface area contributed by atoms with Gasteiger partial charge in [-0.2, -0.15) is 0 Å². The Kier molecular flexibility index (Phi) is 5.62. The maximum absolute atomic E-state index is 12.3. The summed E-state index contributed by atoms with van der Waals surface area (Å²) in [5, 5.41) is 3.56. The minimum absolute atomic E-state index is 0.0351. The minimum Gasteiger partial charge on any atom is -0.359 e. The number of hydrogen-bond acceptors (Lipinski definition) is 3. The Labute approximate surface area is 134 Å². The highest BCUT2D eigenvalue weighted by Gasteiger charge is 2.26. The number of benzene rings is 1. The Morgan fingerprint density at radius 1 is 1.38 bits per heavy atom. The van der Waals surface area contributed by atoms with E-state index in [-0.39, 0.29) is 24.2 Å². The van der Waals surface area contributed by atoms with E-state index in [4.69, 9.17) is 23.2 Å². The first-order chi connectivity index (χ1) is 10.0. The van der Waals surface area contributed by atoms with Gasteiger partial charge in [-0.1, -0.05) is 23.2 Å². The Bertz CT molecular complexity index is 548. The molecule has 0 spiro atoms. The molecule has 1 aliphatic rings. The van der Waals surface area contributed by atoms with Gasteiger partial charge >= 0.3 is 0 Å². The second kappa shape index (κ2) is 7.25. The van der Waals surface area contributed by atoms with Crippen molar-refractivity contribution in [3.63, 3.8) is 0 Å². The third-order valence-electron chi connectivity index (χ3n) is 3.72. The molecule has 114 valence electrons. The van der Waals surface area contributed by atoms with E-state index in [2.05, 4.69) is 5.32 Å². The Balaban J connectivity index is 2.02. The molecule has 1 aromatic carbocycles. The summed E-state index contributed by atoms with van der Waals surface area (Å²) in [6.07, 6.45) is 1.77. The van der Waals surface area contributed by atoms with Crippen molar-refractivity contribution in [2.24, 2.45) is 5.92 Å². The molecule has 1 aliphatic heterocycles. The van der Waals surface area contributed by atoms with E-state index in [1.54, 1.807) is 25.2 Å². The summed E-state index contributed by atoms with van der Waals surface area (Å²) in [6.45, 7) is 1.68. The number of nitrogens with one attached hydrogen (secondary N) is 1. The van der Waals surface area contributed by atoms with Crippen molar-refractivity contribution in [1.29, 1.82) is 0 Å². The average molecular weight is 329 g/mol. The van der Waals surface area contributed by atoms with E-state index in [9.17, 15) is 9.59 Å². The number of ketones is 1. The van der Waals surface area contributed by atoms with Gasteiger partial charge in [-0.3, -0.25) is 14.5 Å². The monoisotopic (exact) mass is 328 g/mol. The van der Waals surface area contributed by atoms with Gasteiger partial charge in [-0.05, 0) is 37.6 Å². The lowest BCUT2D eigenvalue weighted by molar-refractivity contribution is -0.126. The molecule has 1 heterocycles. The van der Waals surface area contributed by atoms with Crippen molar-refractivity contribution in [3.05, 3.63) is 33.8 Å². The van der Waals surface area contributed by atoms with Gasteiger partial charge in [-0.15, -0.1) is 0 Å². The third kappa shape index (κ3) is 4.19. The molecule has 1 unspecified atom stereocenters. The van der Waals surface area contributed by atoms with Crippen LogP contribution in [0.25, 0.3) is 0 Å². The highest BCUT2D eigenvalue weighted by molar-refractivity contribution is 6.36. The lowest BCUT2D eigenvalue weighted by Gasteiger charge is -2.31. The predicted molar refractivity (Wildman–Crippen MR) is 84.0 cm³/mol. The fourth-order valence-corrected chi connectivity index (χ4v) is 3.01. The molecule has 0 saturated carbocycles. The number of carbonyl (C=O) groups excluding carboxylic acids is 2. The number of rotatable bonds is 4. The lowest BCUT2D eigenvalue weighted by Crippen LogP contribution is -2.44. The molecule has 0 bridgehead atoms. The predicted octanol–water partition coefficient (Wildman–Crippen LogP) is 2.63. The summed E-state index contributed by atoms with van der Waals surface area (Å²) < 4.78 is 0. The summed E-state index contributed by atoms with van der Waals surface area (Å²) in [4.78, 5) is 26.1. The van der Waals surface area contributed by atoms with Crippen molar-refractivity contribution >= 4 is 34.9 Å². The molecule has 6 heteroatoms. The molecular weight excluding hydrogens is 311 g/mol. The molecule has 1 N–H and O–H groups in total. The summed E-state index contributed by atoms with van der Waals surface area (Å²) in [5.74, 6) is -0.0839. The van der Waals surface area contributed by atoms with Crippen molar-refractivity contribution in [3.8, 4) is 0 Å². The zero-order chi connectivity index (χ0) is 15.4. The zero-order valence-corrected chi connectivity index (χ0v) is 13.4. The van der Waals surface area contributed by atoms with Gasteiger partial charge in [0.15, 0.2) is 5.78 Å². The molecule has 0 radical (unpaired) electrons. The van der Waals surface area contributed by atoms with Crippen LogP contribution in [-0.2, 0) is 4.79 Å². The van der Waals surface area contributed by atoms with Gasteiger partial charge in [0.05, 0.1) is 17.5 Å². The van der Waals surface area contributed by atoms with Crippen molar-refractivity contribution in [2.75, 3.05) is 26.7 Å². The summed E-state index contributed by atoms with van der Waals surface area (Å²) in [7, 11) is 1.64. The highest BCUT2D eigenvalue weighted by Crippen LogP contribution is 2.22. The van der Waals surface area contributed by atoms with Crippen LogP contribution in [0.2, 0.25) is 10.0 Å². The normalized spacial score (nSPS) is 19.3. The van der Waals surface area contributed by atoms with Crippen LogP contribution in [0.5, 0.6) is 0 Å². The van der Waals surface area contributed by atoms with Crippen LogP contribution in [-0.4, -0.2) is 43.3 Å². The summed E-state index contributed by atoms with van der Waals surface area (Å²) in [5.41, 5.74) is 0.436. The number of piperidine rings is 1. The zero-order valence-electron chi connectivity index (χ0n) is 11.9. The Morgan fingerprint density at radius 2 is 2.14 bits per heavy atom. The Morgan fingerprint density at radius 3 is 2.86 bits per heavy atom. The topological polar surface area (TPSA) is 49.4 Å². The van der Waals surface area contributed by atoms with E-state index in [0.29, 0.717) is 22.2 Å². The van der Waals surface area contributed by atoms with Crippen LogP contribution in [0.4, 0.5) is 0 Å². The van der Waals surface area contributed by atoms with E-state index in [0.717, 1.165) is 19.4 Å². The average Bonchev–Trinajstić information content (AvgIpc) is 2.49. The number of Topliss-reactive ketones (excluding diaryl/α,β-unsaturated/α-hetero) is 1. The van der Waals surface area contributed by atoms with E-state index in [1.807, 2.05) is 4.90 Å². The smallest absolute Gasteiger partial charge is 0.224 e. The standard InChI is InChI=1S/C15H18Cl2N2O2/c1-18-15(21)10-3-2-6-19(8-10)9-14(20)12-7-11(16)4-5-13(12)17/h4-5,7,10H,2-3,6,8-9H2,1H3,(H,18,21). The van der Waals surface area contributed by atoms with Crippen LogP contribution >= 0.6 is 23.2 Å². The van der Waals surface area contributed by atoms with E-state index in [1.165, 1.54) is 0 Å². The number of nitrogens with zero attached hydrogens (tertiary/aromatic N) is 1. The van der Waals surface area contributed by atoms with Crippen LogP contribution in [0.1, 0.15) is 23.2 Å². The maximum atomic E-state index is 12.3. The Hall–Kier alpha value is -1.10. The van der Waals surface area contributed by atoms with Crippen molar-refractivity contribution < 1.29 is 9.59 Å². The maximum Gasteiger partial charge on any atom is 0.224 e. The third-order valence-corrected chi connectivity index (χ3v) is 4.28. The largest absolute Gasteiger partial charge is 0.359 e. The molecule has 1 amide bonds. The van der Waals surface area contributed by atoms with Gasteiger partial charge in [0.25, 0.3) is 0 Å². The first kappa shape index (κ1) is 16.3. The fraction of sp³-hybridized carbons (Fsp3) is 0.467. The van der Waals surface area contributed by atoms with E-state index < -0.39 is 0 Å². The quantitative estimate of drug-likeness (QED) is 0.864. The van der Waals surface area contributed by atoms with E-state index >= 15 is 0 Å². The molecule has 1 aromatic rings. The van der Waals surface area contributed by atoms with Gasteiger partial charge in [-0.25, -0.2) is 0 Å². The lowest BCUT2D eigenvalue weighted by atomic mass is 9.96. The van der Waals surface area contributed by atoms with Crippen LogP contribution < -0.4 is 5.32 Å². The SMILES string of the molecule is CNC(=O)C1CCCN(CC(=O)c2cc(Cl)ccc2Cl)C1. The molecule has 4 nitrogen and oxygen atoms in total. The molecule has 1 saturated heterocycles. The van der Waals surface area contributed by atoms with Crippen molar-refractivity contribution in [1.82, 2.24) is 10.2 Å². The van der Waals surface area contributed by atoms with Crippen molar-refractivity contribution in [2.45, 2.75) is 12.8 Å². The summed E-state index contributed by atoms with van der Waals surface area (Å²) in [6, 6.07) is 4.87. The number of amides is 1. The van der Waals surface area contributed by atoms with Crippen LogP contribution in [0.15, 0.2) is 18.2 Å². The fourth-order valence-electron chi connectivity index (χ4n) is 2.62. The molecule has 2 rings (SSSR count). The second-order valence-corrected chi connectivity index (χ2v) is 6.08. The molecule has 1 fully saturated rings. The van der Waals surface area contributed by atoms with Gasteiger partial charge in [0.2, 0.25) is 5.91 Å². The van der Waals surface area contributed by atoms with Crippen LogP contribution in [0, 0.1) is 5.92 Å². The first-order valence-electron chi connectivity index (χ1n) is 6.93. The van der Waals surface area contributed by atoms with Gasteiger partial charge < -0.3 is 5.32 Å². The molecule has 0 aliphatic carbocycles. The second-order valence-electron chi connectivity index (χ2n) is 5.24. The van der Waals surface area contributed by atoms with Gasteiger partial charge in [0.1, 0.15) is 0 Å². The molecular formula is C15H18Cl2N2O2. The molecule has 0 aromatic heterocycles. The summed E-state index contributed by atoms with van der Waals surface area (Å²) >= 11 is 12.0. The first-order valence-corrected chi connectivity index (χ1v) is 7.69. The molecule has 1 atom stereocenters. The number of likely N-dealkylation sites (tertiary alicyclic amines) is 1. The van der Waals surface area contributed by atoms with Crippen LogP contribution in [0.3, 0.4) is 0 Å². The number of hydrogen-bond donors (Lipinski definition) is 1. The van der Waals surface area contributed by atoms with Gasteiger partial charge in [0, 0.05) is 24.2 Å². The molecule has 21 heavy (non-hydrogen) atoms.